The van der Waals surface area contributed by atoms with Crippen molar-refractivity contribution >= 4 is 24.2 Å². The van der Waals surface area contributed by atoms with Crippen molar-refractivity contribution in [2.45, 2.75) is 20.8 Å². The number of anilines is 1. The maximum Gasteiger partial charge on any atom is 0.356 e. The van der Waals surface area contributed by atoms with Crippen LogP contribution in [0.1, 0.15) is 36.8 Å². The van der Waals surface area contributed by atoms with E-state index in [4.69, 9.17) is 15.3 Å². The van der Waals surface area contributed by atoms with Crippen LogP contribution in [0.25, 0.3) is 0 Å². The summed E-state index contributed by atoms with van der Waals surface area (Å²) in [5, 5.41) is 4.40. The van der Waals surface area contributed by atoms with E-state index in [1.165, 1.54) is 26.6 Å². The zero-order valence-corrected chi connectivity index (χ0v) is 17.7. The summed E-state index contributed by atoms with van der Waals surface area (Å²) in [7, 11) is 2.81. The van der Waals surface area contributed by atoms with E-state index in [0.717, 1.165) is 11.3 Å². The van der Waals surface area contributed by atoms with Crippen molar-refractivity contribution in [3.05, 3.63) is 71.7 Å². The Hall–Kier alpha value is -3.52. The number of hydrogen-bond donors (Lipinski definition) is 3. The molecule has 0 spiro atoms. The van der Waals surface area contributed by atoms with Gasteiger partial charge in [0.2, 0.25) is 0 Å². The second-order valence-corrected chi connectivity index (χ2v) is 4.71. The summed E-state index contributed by atoms with van der Waals surface area (Å²) in [5.74, 6) is -0.503. The van der Waals surface area contributed by atoms with Crippen LogP contribution < -0.4 is 16.9 Å². The third kappa shape index (κ3) is 9.83. The van der Waals surface area contributed by atoms with Gasteiger partial charge in [0.25, 0.3) is 0 Å². The molecule has 0 fully saturated rings. The molecule has 0 amide bonds. The fourth-order valence-corrected chi connectivity index (χ4v) is 1.89. The Morgan fingerprint density at radius 1 is 1.17 bits per heavy atom. The van der Waals surface area contributed by atoms with E-state index >= 15 is 0 Å². The Balaban J connectivity index is 0. The molecule has 1 aromatic heterocycles. The first-order valence-corrected chi connectivity index (χ1v) is 8.84. The number of ether oxygens (including phenoxy) is 1. The predicted octanol–water partition coefficient (Wildman–Crippen LogP) is 2.96. The molecular weight excluding hydrogens is 370 g/mol. The van der Waals surface area contributed by atoms with Crippen molar-refractivity contribution in [3.63, 3.8) is 0 Å². The molecule has 2 rings (SSSR count). The highest BCUT2D eigenvalue weighted by molar-refractivity contribution is 6.13. The fraction of sp³-hybridized carbons (Fsp3) is 0.238. The molecule has 0 aliphatic heterocycles. The number of methoxy groups -OCH3 is 1. The fourth-order valence-electron chi connectivity index (χ4n) is 1.89. The molecule has 29 heavy (non-hydrogen) atoms. The number of carbonyl (C=O) groups excluding carboxylic acids is 2. The standard InChI is InChI=1S/C17H18N4O2.C2H6.CH5N.CH2O/c1-12(11-18)16(21-20-14-6-4-3-5-7-14)13-8-9-19-15(10-13)17(22)23-2;3*1-2/h3-11,20H,18H2,1-2H3;1-2H3;2H2,1H3;1H2/b12-11+,21-16+;;;. The summed E-state index contributed by atoms with van der Waals surface area (Å²) in [6.45, 7) is 7.84. The lowest BCUT2D eigenvalue weighted by Crippen LogP contribution is -2.11. The predicted molar refractivity (Wildman–Crippen MR) is 119 cm³/mol. The molecule has 0 unspecified atom stereocenters. The molecule has 0 aliphatic carbocycles. The second-order valence-electron chi connectivity index (χ2n) is 4.71. The van der Waals surface area contributed by atoms with Gasteiger partial charge in [-0.05, 0) is 50.0 Å². The van der Waals surface area contributed by atoms with Gasteiger partial charge in [0.15, 0.2) is 0 Å². The molecule has 0 saturated heterocycles. The van der Waals surface area contributed by atoms with E-state index in [0.29, 0.717) is 11.3 Å². The zero-order valence-electron chi connectivity index (χ0n) is 17.7. The van der Waals surface area contributed by atoms with Crippen LogP contribution in [0.5, 0.6) is 0 Å². The lowest BCUT2D eigenvalue weighted by Gasteiger charge is -2.09. The third-order valence-electron chi connectivity index (χ3n) is 3.12. The van der Waals surface area contributed by atoms with E-state index < -0.39 is 5.97 Å². The summed E-state index contributed by atoms with van der Waals surface area (Å²) in [4.78, 5) is 23.6. The van der Waals surface area contributed by atoms with Crippen LogP contribution >= 0.6 is 0 Å². The van der Waals surface area contributed by atoms with Crippen molar-refractivity contribution < 1.29 is 14.3 Å². The van der Waals surface area contributed by atoms with Gasteiger partial charge in [-0.15, -0.1) is 0 Å². The molecular formula is C21H31N5O3. The van der Waals surface area contributed by atoms with E-state index in [-0.39, 0.29) is 5.69 Å². The van der Waals surface area contributed by atoms with Crippen molar-refractivity contribution in [2.24, 2.45) is 16.6 Å². The first-order chi connectivity index (χ1) is 14.2. The minimum absolute atomic E-state index is 0.210. The number of rotatable bonds is 5. The number of hydrazone groups is 1. The van der Waals surface area contributed by atoms with Gasteiger partial charge in [-0.25, -0.2) is 9.78 Å². The Morgan fingerprint density at radius 2 is 1.76 bits per heavy atom. The molecule has 158 valence electrons. The van der Waals surface area contributed by atoms with Crippen LogP contribution in [0, 0.1) is 0 Å². The Morgan fingerprint density at radius 3 is 2.28 bits per heavy atom. The summed E-state index contributed by atoms with van der Waals surface area (Å²) in [5.41, 5.74) is 16.2. The van der Waals surface area contributed by atoms with E-state index in [1.54, 1.807) is 12.1 Å². The highest BCUT2D eigenvalue weighted by Gasteiger charge is 2.12. The summed E-state index contributed by atoms with van der Waals surface area (Å²) in [6.07, 6.45) is 2.99. The molecule has 8 heteroatoms. The van der Waals surface area contributed by atoms with Gasteiger partial charge >= 0.3 is 5.97 Å². The quantitative estimate of drug-likeness (QED) is 0.398. The van der Waals surface area contributed by atoms with E-state index in [1.807, 2.05) is 57.9 Å². The van der Waals surface area contributed by atoms with Gasteiger partial charge in [-0.1, -0.05) is 32.0 Å². The number of para-hydroxylation sites is 1. The van der Waals surface area contributed by atoms with Crippen molar-refractivity contribution in [1.29, 1.82) is 0 Å². The number of nitrogens with zero attached hydrogens (tertiary/aromatic N) is 2. The number of hydrogen-bond acceptors (Lipinski definition) is 8. The second kappa shape index (κ2) is 17.9. The Labute approximate surface area is 172 Å². The number of allylic oxidation sites excluding steroid dienone is 1. The largest absolute Gasteiger partial charge is 0.464 e. The van der Waals surface area contributed by atoms with Gasteiger partial charge < -0.3 is 21.0 Å². The van der Waals surface area contributed by atoms with Crippen molar-refractivity contribution in [3.8, 4) is 0 Å². The number of carbonyl (C=O) groups is 2. The molecule has 1 heterocycles. The molecule has 1 aromatic carbocycles. The number of pyridine rings is 1. The average molecular weight is 402 g/mol. The normalized spacial score (nSPS) is 10.0. The first kappa shape index (κ1) is 27.7. The van der Waals surface area contributed by atoms with Gasteiger partial charge in [0.1, 0.15) is 12.5 Å². The van der Waals surface area contributed by atoms with E-state index in [2.05, 4.69) is 21.2 Å². The lowest BCUT2D eigenvalue weighted by molar-refractivity contribution is -0.0980. The number of nitrogens with two attached hydrogens (primary N) is 2. The lowest BCUT2D eigenvalue weighted by atomic mass is 10.0. The first-order valence-electron chi connectivity index (χ1n) is 8.84. The molecule has 0 radical (unpaired) electrons. The molecule has 8 nitrogen and oxygen atoms in total. The topological polar surface area (TPSA) is 133 Å². The highest BCUT2D eigenvalue weighted by atomic mass is 16.5. The van der Waals surface area contributed by atoms with E-state index in [9.17, 15) is 4.79 Å². The highest BCUT2D eigenvalue weighted by Crippen LogP contribution is 2.12. The monoisotopic (exact) mass is 401 g/mol. The molecule has 5 N–H and O–H groups in total. The van der Waals surface area contributed by atoms with Crippen LogP contribution in [0.2, 0.25) is 0 Å². The van der Waals surface area contributed by atoms with Crippen LogP contribution in [0.4, 0.5) is 5.69 Å². The summed E-state index contributed by atoms with van der Waals surface area (Å²) in [6, 6.07) is 12.9. The van der Waals surface area contributed by atoms with Crippen molar-refractivity contribution in [1.82, 2.24) is 4.98 Å². The van der Waals surface area contributed by atoms with Crippen molar-refractivity contribution in [2.75, 3.05) is 19.6 Å². The Kier molecular flexibility index (Phi) is 17.1. The minimum atomic E-state index is -0.503. The maximum absolute atomic E-state index is 11.6. The zero-order chi connectivity index (χ0) is 22.7. The maximum atomic E-state index is 11.6. The van der Waals surface area contributed by atoms with Gasteiger partial charge in [-0.2, -0.15) is 5.10 Å². The SMILES string of the molecule is C=O.CC.CN.COC(=O)c1cc(C(=N/Nc2ccccc2)/C(C)=C/N)ccn1. The Bertz CT molecular complexity index is 762. The molecule has 0 bridgehead atoms. The summed E-state index contributed by atoms with van der Waals surface area (Å²) < 4.78 is 4.69. The number of aromatic nitrogens is 1. The number of esters is 1. The molecule has 0 saturated carbocycles. The average Bonchev–Trinajstić information content (AvgIpc) is 2.83. The molecule has 0 aliphatic rings. The minimum Gasteiger partial charge on any atom is -0.464 e. The van der Waals surface area contributed by atoms with Gasteiger partial charge in [-0.3, -0.25) is 5.43 Å². The number of nitrogens with one attached hydrogen (secondary N) is 1. The summed E-state index contributed by atoms with van der Waals surface area (Å²) >= 11 is 0. The molecule has 0 atom stereocenters. The number of benzene rings is 1. The van der Waals surface area contributed by atoms with Crippen LogP contribution in [-0.2, 0) is 9.53 Å². The smallest absolute Gasteiger partial charge is 0.356 e. The van der Waals surface area contributed by atoms with Gasteiger partial charge in [0, 0.05) is 11.8 Å². The van der Waals surface area contributed by atoms with Crippen LogP contribution in [0.15, 0.2) is 65.5 Å². The molecule has 2 aromatic rings. The van der Waals surface area contributed by atoms with Gasteiger partial charge in [0.05, 0.1) is 18.5 Å². The van der Waals surface area contributed by atoms with Crippen LogP contribution in [0.3, 0.4) is 0 Å². The third-order valence-corrected chi connectivity index (χ3v) is 3.12. The van der Waals surface area contributed by atoms with Crippen LogP contribution in [-0.4, -0.2) is 37.6 Å².